The van der Waals surface area contributed by atoms with Crippen LogP contribution < -0.4 is 10.2 Å². The van der Waals surface area contributed by atoms with Gasteiger partial charge >= 0.3 is 0 Å². The van der Waals surface area contributed by atoms with Crippen LogP contribution in [0.3, 0.4) is 0 Å². The number of aromatic amines is 1. The molecule has 0 fully saturated rings. The molecular weight excluding hydrogens is 358 g/mol. The summed E-state index contributed by atoms with van der Waals surface area (Å²) in [5.74, 6) is -0.221. The average Bonchev–Trinajstić information content (AvgIpc) is 3.30. The number of nitrogens with zero attached hydrogens (tertiary/aromatic N) is 3. The number of nitrogens with one attached hydrogen (secondary N) is 2. The molecule has 2 heterocycles. The number of hydrogen-bond acceptors (Lipinski definition) is 5. The number of benzene rings is 2. The van der Waals surface area contributed by atoms with Crippen molar-refractivity contribution in [3.63, 3.8) is 0 Å². The average molecular weight is 377 g/mol. The molecule has 2 aromatic carbocycles. The number of rotatable bonds is 4. The molecule has 0 spiro atoms. The number of H-pyrrole nitrogens is 1. The molecule has 0 unspecified atom stereocenters. The SMILES string of the molecule is Cc1nc(C(=O)Nc2cc(-c3cccc(N(C)C)c3)cc3[nH]ncc23)cs1. The maximum Gasteiger partial charge on any atom is 0.275 e. The Morgan fingerprint density at radius 2 is 2.04 bits per heavy atom. The van der Waals surface area contributed by atoms with Crippen LogP contribution in [0.1, 0.15) is 15.5 Å². The van der Waals surface area contributed by atoms with Crippen molar-refractivity contribution in [1.29, 1.82) is 0 Å². The molecular formula is C20H19N5OS. The minimum atomic E-state index is -0.221. The van der Waals surface area contributed by atoms with Crippen molar-refractivity contribution in [3.8, 4) is 11.1 Å². The summed E-state index contributed by atoms with van der Waals surface area (Å²) in [4.78, 5) is 18.9. The summed E-state index contributed by atoms with van der Waals surface area (Å²) in [5, 5.41) is 13.6. The largest absolute Gasteiger partial charge is 0.378 e. The Balaban J connectivity index is 1.76. The Morgan fingerprint density at radius 3 is 2.78 bits per heavy atom. The minimum Gasteiger partial charge on any atom is -0.378 e. The summed E-state index contributed by atoms with van der Waals surface area (Å²) in [5.41, 5.74) is 5.18. The van der Waals surface area contributed by atoms with Crippen molar-refractivity contribution in [3.05, 3.63) is 58.7 Å². The lowest BCUT2D eigenvalue weighted by molar-refractivity contribution is 0.102. The van der Waals surface area contributed by atoms with Crippen molar-refractivity contribution in [2.75, 3.05) is 24.3 Å². The monoisotopic (exact) mass is 377 g/mol. The molecule has 0 aliphatic carbocycles. The Morgan fingerprint density at radius 1 is 1.19 bits per heavy atom. The third-order valence-corrected chi connectivity index (χ3v) is 5.13. The zero-order valence-corrected chi connectivity index (χ0v) is 16.1. The number of aromatic nitrogens is 3. The van der Waals surface area contributed by atoms with Gasteiger partial charge < -0.3 is 10.2 Å². The van der Waals surface area contributed by atoms with Crippen molar-refractivity contribution >= 4 is 39.5 Å². The van der Waals surface area contributed by atoms with E-state index in [1.807, 2.05) is 39.2 Å². The van der Waals surface area contributed by atoms with Crippen LogP contribution in [0.4, 0.5) is 11.4 Å². The highest BCUT2D eigenvalue weighted by molar-refractivity contribution is 7.09. The van der Waals surface area contributed by atoms with E-state index in [0.717, 1.165) is 32.7 Å². The second-order valence-electron chi connectivity index (χ2n) is 6.51. The third kappa shape index (κ3) is 3.41. The number of fused-ring (bicyclic) bond motifs is 1. The van der Waals surface area contributed by atoms with Crippen LogP contribution >= 0.6 is 11.3 Å². The molecule has 4 rings (SSSR count). The highest BCUT2D eigenvalue weighted by atomic mass is 32.1. The van der Waals surface area contributed by atoms with Gasteiger partial charge in [0.15, 0.2) is 0 Å². The molecule has 27 heavy (non-hydrogen) atoms. The van der Waals surface area contributed by atoms with E-state index in [1.54, 1.807) is 11.6 Å². The number of anilines is 2. The smallest absolute Gasteiger partial charge is 0.275 e. The molecule has 0 saturated heterocycles. The van der Waals surface area contributed by atoms with Crippen LogP contribution in [0.15, 0.2) is 48.0 Å². The fourth-order valence-electron chi connectivity index (χ4n) is 2.94. The maximum absolute atomic E-state index is 12.6. The van der Waals surface area contributed by atoms with Gasteiger partial charge in [-0.15, -0.1) is 11.3 Å². The van der Waals surface area contributed by atoms with Gasteiger partial charge in [0.25, 0.3) is 5.91 Å². The highest BCUT2D eigenvalue weighted by Gasteiger charge is 2.14. The summed E-state index contributed by atoms with van der Waals surface area (Å²) in [6, 6.07) is 12.3. The summed E-state index contributed by atoms with van der Waals surface area (Å²) < 4.78 is 0. The van der Waals surface area contributed by atoms with E-state index in [9.17, 15) is 4.79 Å². The lowest BCUT2D eigenvalue weighted by atomic mass is 10.0. The number of aryl methyl sites for hydroxylation is 1. The van der Waals surface area contributed by atoms with E-state index in [1.165, 1.54) is 11.3 Å². The highest BCUT2D eigenvalue weighted by Crippen LogP contribution is 2.32. The molecule has 6 nitrogen and oxygen atoms in total. The van der Waals surface area contributed by atoms with Gasteiger partial charge in [0.05, 0.1) is 22.4 Å². The van der Waals surface area contributed by atoms with Gasteiger partial charge in [-0.1, -0.05) is 12.1 Å². The van der Waals surface area contributed by atoms with Crippen molar-refractivity contribution in [2.24, 2.45) is 0 Å². The molecule has 136 valence electrons. The number of carbonyl (C=O) groups is 1. The van der Waals surface area contributed by atoms with Crippen molar-refractivity contribution in [1.82, 2.24) is 15.2 Å². The molecule has 0 aliphatic rings. The van der Waals surface area contributed by atoms with E-state index < -0.39 is 0 Å². The van der Waals surface area contributed by atoms with Gasteiger partial charge in [-0.2, -0.15) is 5.10 Å². The van der Waals surface area contributed by atoms with Gasteiger partial charge in [0.2, 0.25) is 0 Å². The van der Waals surface area contributed by atoms with Gasteiger partial charge in [-0.25, -0.2) is 4.98 Å². The van der Waals surface area contributed by atoms with Gasteiger partial charge in [0.1, 0.15) is 5.69 Å². The first kappa shape index (κ1) is 17.2. The molecule has 4 aromatic rings. The third-order valence-electron chi connectivity index (χ3n) is 4.35. The topological polar surface area (TPSA) is 73.9 Å². The summed E-state index contributed by atoms with van der Waals surface area (Å²) in [7, 11) is 4.03. The summed E-state index contributed by atoms with van der Waals surface area (Å²) in [6.07, 6.45) is 1.72. The van der Waals surface area contributed by atoms with Crippen LogP contribution in [0.25, 0.3) is 22.0 Å². The van der Waals surface area contributed by atoms with Gasteiger partial charge in [-0.05, 0) is 42.3 Å². The Hall–Kier alpha value is -3.19. The molecule has 1 amide bonds. The molecule has 2 N–H and O–H groups in total. The number of carbonyl (C=O) groups excluding carboxylic acids is 1. The van der Waals surface area contributed by atoms with Crippen LogP contribution in [0.5, 0.6) is 0 Å². The van der Waals surface area contributed by atoms with Crippen LogP contribution in [0, 0.1) is 6.92 Å². The summed E-state index contributed by atoms with van der Waals surface area (Å²) >= 11 is 1.46. The Kier molecular flexibility index (Phi) is 4.37. The summed E-state index contributed by atoms with van der Waals surface area (Å²) in [6.45, 7) is 1.88. The molecule has 0 saturated carbocycles. The standard InChI is InChI=1S/C20H19N5OS/c1-12-22-19(11-27-12)20(26)23-17-8-14(9-18-16(17)10-21-24-18)13-5-4-6-15(7-13)25(2)3/h4-11H,1-3H3,(H,21,24)(H,23,26). The van der Waals surface area contributed by atoms with Crippen molar-refractivity contribution in [2.45, 2.75) is 6.92 Å². The second kappa shape index (κ2) is 6.85. The normalized spacial score (nSPS) is 10.9. The lowest BCUT2D eigenvalue weighted by Gasteiger charge is -2.14. The zero-order valence-electron chi connectivity index (χ0n) is 15.3. The minimum absolute atomic E-state index is 0.221. The molecule has 0 bridgehead atoms. The fourth-order valence-corrected chi connectivity index (χ4v) is 3.53. The first-order valence-electron chi connectivity index (χ1n) is 8.49. The predicted octanol–water partition coefficient (Wildman–Crippen LogP) is 4.31. The number of amides is 1. The molecule has 2 aromatic heterocycles. The molecule has 0 atom stereocenters. The van der Waals surface area contributed by atoms with Crippen LogP contribution in [-0.4, -0.2) is 35.2 Å². The first-order valence-corrected chi connectivity index (χ1v) is 9.37. The number of hydrogen-bond donors (Lipinski definition) is 2. The molecule has 7 heteroatoms. The molecule has 0 aliphatic heterocycles. The van der Waals surface area contributed by atoms with E-state index >= 15 is 0 Å². The van der Waals surface area contributed by atoms with Crippen molar-refractivity contribution < 1.29 is 4.79 Å². The fraction of sp³-hybridized carbons (Fsp3) is 0.150. The van der Waals surface area contributed by atoms with Gasteiger partial charge in [0, 0.05) is 30.5 Å². The zero-order chi connectivity index (χ0) is 19.0. The van der Waals surface area contributed by atoms with E-state index in [0.29, 0.717) is 11.4 Å². The lowest BCUT2D eigenvalue weighted by Crippen LogP contribution is -2.12. The van der Waals surface area contributed by atoms with E-state index in [-0.39, 0.29) is 5.91 Å². The van der Waals surface area contributed by atoms with Crippen LogP contribution in [-0.2, 0) is 0 Å². The second-order valence-corrected chi connectivity index (χ2v) is 7.57. The molecule has 0 radical (unpaired) electrons. The van der Waals surface area contributed by atoms with E-state index in [2.05, 4.69) is 43.6 Å². The maximum atomic E-state index is 12.6. The predicted molar refractivity (Wildman–Crippen MR) is 111 cm³/mol. The quantitative estimate of drug-likeness (QED) is 0.556. The van der Waals surface area contributed by atoms with Crippen LogP contribution in [0.2, 0.25) is 0 Å². The van der Waals surface area contributed by atoms with Gasteiger partial charge in [-0.3, -0.25) is 9.89 Å². The number of thiazole rings is 1. The first-order chi connectivity index (χ1) is 13.0. The Labute approximate surface area is 160 Å². The van der Waals surface area contributed by atoms with E-state index in [4.69, 9.17) is 0 Å². The Bertz CT molecular complexity index is 1130.